The quantitative estimate of drug-likeness (QED) is 0.735. The van der Waals surface area contributed by atoms with Crippen LogP contribution in [0.2, 0.25) is 0 Å². The van der Waals surface area contributed by atoms with Crippen LogP contribution in [0.1, 0.15) is 47.2 Å². The molecule has 0 spiro atoms. The summed E-state index contributed by atoms with van der Waals surface area (Å²) in [4.78, 5) is 14.8. The highest BCUT2D eigenvalue weighted by molar-refractivity contribution is 5.96. The largest absolute Gasteiger partial charge is 0.339 e. The predicted octanol–water partition coefficient (Wildman–Crippen LogP) is 4.86. The summed E-state index contributed by atoms with van der Waals surface area (Å²) in [6.45, 7) is 4.21. The zero-order valence-corrected chi connectivity index (χ0v) is 15.7. The monoisotopic (exact) mass is 347 g/mol. The van der Waals surface area contributed by atoms with Gasteiger partial charge in [0.15, 0.2) is 0 Å². The van der Waals surface area contributed by atoms with E-state index in [0.29, 0.717) is 6.04 Å². The SMILES string of the molecule is Cc1cc(C(=O)N(C)C2CCCC2)ccc1-c1ccc2[nH]ncc2c1C. The molecule has 0 aliphatic heterocycles. The number of carbonyl (C=O) groups excluding carboxylic acids is 1. The number of hydrogen-bond donors (Lipinski definition) is 1. The highest BCUT2D eigenvalue weighted by Crippen LogP contribution is 2.32. The molecule has 0 saturated heterocycles. The minimum absolute atomic E-state index is 0.133. The number of carbonyl (C=O) groups is 1. The number of nitrogens with zero attached hydrogens (tertiary/aromatic N) is 2. The predicted molar refractivity (Wildman–Crippen MR) is 105 cm³/mol. The van der Waals surface area contributed by atoms with Crippen molar-refractivity contribution in [3.63, 3.8) is 0 Å². The number of aryl methyl sites for hydroxylation is 2. The number of amides is 1. The van der Waals surface area contributed by atoms with E-state index in [1.807, 2.05) is 30.3 Å². The summed E-state index contributed by atoms with van der Waals surface area (Å²) in [5.74, 6) is 0.133. The van der Waals surface area contributed by atoms with Gasteiger partial charge in [0.25, 0.3) is 5.91 Å². The first kappa shape index (κ1) is 16.8. The van der Waals surface area contributed by atoms with Gasteiger partial charge in [-0.1, -0.05) is 25.0 Å². The van der Waals surface area contributed by atoms with Crippen molar-refractivity contribution >= 4 is 16.8 Å². The van der Waals surface area contributed by atoms with Gasteiger partial charge in [-0.15, -0.1) is 0 Å². The summed E-state index contributed by atoms with van der Waals surface area (Å²) >= 11 is 0. The number of H-pyrrole nitrogens is 1. The molecule has 134 valence electrons. The Hall–Kier alpha value is -2.62. The van der Waals surface area contributed by atoms with E-state index < -0.39 is 0 Å². The molecule has 4 rings (SSSR count). The van der Waals surface area contributed by atoms with E-state index in [0.717, 1.165) is 34.9 Å². The lowest BCUT2D eigenvalue weighted by Crippen LogP contribution is -2.35. The number of nitrogens with one attached hydrogen (secondary N) is 1. The van der Waals surface area contributed by atoms with Crippen LogP contribution < -0.4 is 0 Å². The van der Waals surface area contributed by atoms with Crippen molar-refractivity contribution in [2.75, 3.05) is 7.05 Å². The third-order valence-corrected chi connectivity index (χ3v) is 5.85. The average molecular weight is 347 g/mol. The maximum atomic E-state index is 12.9. The van der Waals surface area contributed by atoms with Crippen molar-refractivity contribution in [3.8, 4) is 11.1 Å². The Balaban J connectivity index is 1.67. The summed E-state index contributed by atoms with van der Waals surface area (Å²) in [6, 6.07) is 10.7. The zero-order chi connectivity index (χ0) is 18.3. The number of fused-ring (bicyclic) bond motifs is 1. The Morgan fingerprint density at radius 3 is 2.58 bits per heavy atom. The molecule has 0 atom stereocenters. The number of rotatable bonds is 3. The first-order chi connectivity index (χ1) is 12.6. The second-order valence-corrected chi connectivity index (χ2v) is 7.45. The number of benzene rings is 2. The molecule has 1 aliphatic carbocycles. The summed E-state index contributed by atoms with van der Waals surface area (Å²) in [6.07, 6.45) is 6.59. The van der Waals surface area contributed by atoms with Crippen molar-refractivity contribution in [1.82, 2.24) is 15.1 Å². The zero-order valence-electron chi connectivity index (χ0n) is 15.7. The van der Waals surface area contributed by atoms with Crippen molar-refractivity contribution in [2.24, 2.45) is 0 Å². The highest BCUT2D eigenvalue weighted by Gasteiger charge is 2.24. The van der Waals surface area contributed by atoms with Crippen LogP contribution in [0.25, 0.3) is 22.0 Å². The Bertz CT molecular complexity index is 967. The van der Waals surface area contributed by atoms with E-state index in [2.05, 4.69) is 42.2 Å². The average Bonchev–Trinajstić information content (AvgIpc) is 3.33. The van der Waals surface area contributed by atoms with E-state index in [1.165, 1.54) is 29.5 Å². The Labute approximate surface area is 154 Å². The molecule has 1 N–H and O–H groups in total. The minimum Gasteiger partial charge on any atom is -0.339 e. The minimum atomic E-state index is 0.133. The molecule has 0 unspecified atom stereocenters. The molecule has 26 heavy (non-hydrogen) atoms. The van der Waals surface area contributed by atoms with E-state index in [-0.39, 0.29) is 5.91 Å². The second kappa shape index (κ2) is 6.60. The van der Waals surface area contributed by atoms with Crippen molar-refractivity contribution in [2.45, 2.75) is 45.6 Å². The van der Waals surface area contributed by atoms with Crippen LogP contribution >= 0.6 is 0 Å². The highest BCUT2D eigenvalue weighted by atomic mass is 16.2. The van der Waals surface area contributed by atoms with Crippen LogP contribution in [0.15, 0.2) is 36.5 Å². The van der Waals surface area contributed by atoms with E-state index >= 15 is 0 Å². The second-order valence-electron chi connectivity index (χ2n) is 7.45. The van der Waals surface area contributed by atoms with Gasteiger partial charge < -0.3 is 4.90 Å². The molecule has 4 nitrogen and oxygen atoms in total. The fourth-order valence-electron chi connectivity index (χ4n) is 4.21. The molecular formula is C22H25N3O. The van der Waals surface area contributed by atoms with Gasteiger partial charge in [0.2, 0.25) is 0 Å². The molecule has 1 fully saturated rings. The Kier molecular flexibility index (Phi) is 4.27. The van der Waals surface area contributed by atoms with Crippen LogP contribution in [-0.4, -0.2) is 34.1 Å². The lowest BCUT2D eigenvalue weighted by atomic mass is 9.93. The molecule has 0 radical (unpaired) electrons. The first-order valence-corrected chi connectivity index (χ1v) is 9.37. The fraction of sp³-hybridized carbons (Fsp3) is 0.364. The van der Waals surface area contributed by atoms with Crippen LogP contribution in [0.3, 0.4) is 0 Å². The maximum Gasteiger partial charge on any atom is 0.253 e. The van der Waals surface area contributed by atoms with Crippen LogP contribution in [0, 0.1) is 13.8 Å². The number of aromatic nitrogens is 2. The Morgan fingerprint density at radius 2 is 1.85 bits per heavy atom. The molecule has 2 aromatic carbocycles. The first-order valence-electron chi connectivity index (χ1n) is 9.37. The summed E-state index contributed by atoms with van der Waals surface area (Å²) in [5.41, 5.74) is 6.53. The fourth-order valence-corrected chi connectivity index (χ4v) is 4.21. The van der Waals surface area contributed by atoms with Gasteiger partial charge >= 0.3 is 0 Å². The van der Waals surface area contributed by atoms with Crippen LogP contribution in [0.5, 0.6) is 0 Å². The van der Waals surface area contributed by atoms with Crippen molar-refractivity contribution in [1.29, 1.82) is 0 Å². The molecule has 4 heteroatoms. The maximum absolute atomic E-state index is 12.9. The van der Waals surface area contributed by atoms with Crippen LogP contribution in [-0.2, 0) is 0 Å². The molecule has 0 bridgehead atoms. The molecular weight excluding hydrogens is 322 g/mol. The smallest absolute Gasteiger partial charge is 0.253 e. The van der Waals surface area contributed by atoms with Gasteiger partial charge in [-0.25, -0.2) is 0 Å². The van der Waals surface area contributed by atoms with Gasteiger partial charge in [-0.2, -0.15) is 5.10 Å². The lowest BCUT2D eigenvalue weighted by Gasteiger charge is -2.24. The van der Waals surface area contributed by atoms with E-state index in [4.69, 9.17) is 0 Å². The molecule has 1 aliphatic rings. The normalized spacial score (nSPS) is 14.9. The molecule has 3 aromatic rings. The van der Waals surface area contributed by atoms with Crippen molar-refractivity contribution in [3.05, 3.63) is 53.2 Å². The van der Waals surface area contributed by atoms with Crippen molar-refractivity contribution < 1.29 is 4.79 Å². The molecule has 1 amide bonds. The Morgan fingerprint density at radius 1 is 1.12 bits per heavy atom. The molecule has 1 aromatic heterocycles. The summed E-state index contributed by atoms with van der Waals surface area (Å²) in [5, 5.41) is 8.30. The molecule has 1 saturated carbocycles. The van der Waals surface area contributed by atoms with E-state index in [1.54, 1.807) is 0 Å². The lowest BCUT2D eigenvalue weighted by molar-refractivity contribution is 0.0735. The molecule has 1 heterocycles. The standard InChI is InChI=1S/C22H25N3O/c1-14-12-16(22(26)25(3)17-6-4-5-7-17)8-9-18(14)19-10-11-21-20(15(19)2)13-23-24-21/h8-13,17H,4-7H2,1-3H3,(H,23,24). The third kappa shape index (κ3) is 2.79. The summed E-state index contributed by atoms with van der Waals surface area (Å²) < 4.78 is 0. The van der Waals surface area contributed by atoms with E-state index in [9.17, 15) is 4.79 Å². The van der Waals surface area contributed by atoms with Gasteiger partial charge in [0.1, 0.15) is 0 Å². The third-order valence-electron chi connectivity index (χ3n) is 5.85. The number of aromatic amines is 1. The van der Waals surface area contributed by atoms with Crippen LogP contribution in [0.4, 0.5) is 0 Å². The van der Waals surface area contributed by atoms with Gasteiger partial charge in [0.05, 0.1) is 11.7 Å². The number of hydrogen-bond acceptors (Lipinski definition) is 2. The van der Waals surface area contributed by atoms with Gasteiger partial charge in [0, 0.05) is 24.0 Å². The van der Waals surface area contributed by atoms with Gasteiger partial charge in [-0.05, 0) is 67.1 Å². The summed E-state index contributed by atoms with van der Waals surface area (Å²) in [7, 11) is 1.94. The van der Waals surface area contributed by atoms with Gasteiger partial charge in [-0.3, -0.25) is 9.89 Å². The topological polar surface area (TPSA) is 49.0 Å².